The Kier molecular flexibility index (Phi) is 6.25. The smallest absolute Gasteiger partial charge is 0.248 e. The van der Waals surface area contributed by atoms with E-state index in [4.69, 9.17) is 11.5 Å². The van der Waals surface area contributed by atoms with E-state index in [-0.39, 0.29) is 28.4 Å². The van der Waals surface area contributed by atoms with Crippen molar-refractivity contribution in [3.63, 3.8) is 0 Å². The largest absolute Gasteiger partial charge is 0.370 e. The van der Waals surface area contributed by atoms with Crippen LogP contribution in [0, 0.1) is 11.6 Å². The number of nitrogens with two attached hydrogens (primary N) is 2. The SMILES string of the molecule is C=C/C(=C\N=C(/N)NC(C)(C)c1ncccc1F)c1cc(C(N)=O)ccc1F. The van der Waals surface area contributed by atoms with Crippen LogP contribution >= 0.6 is 0 Å². The van der Waals surface area contributed by atoms with Crippen molar-refractivity contribution < 1.29 is 13.6 Å². The quantitative estimate of drug-likeness (QED) is 0.404. The highest BCUT2D eigenvalue weighted by Crippen LogP contribution is 2.22. The molecular weight excluding hydrogens is 364 g/mol. The molecule has 28 heavy (non-hydrogen) atoms. The van der Waals surface area contributed by atoms with E-state index in [2.05, 4.69) is 21.9 Å². The van der Waals surface area contributed by atoms with E-state index < -0.39 is 23.1 Å². The maximum atomic E-state index is 14.1. The van der Waals surface area contributed by atoms with Crippen molar-refractivity contribution in [1.82, 2.24) is 10.3 Å². The first-order chi connectivity index (χ1) is 13.2. The number of nitrogens with one attached hydrogen (secondary N) is 1. The van der Waals surface area contributed by atoms with Crippen molar-refractivity contribution in [2.75, 3.05) is 0 Å². The Bertz CT molecular complexity index is 967. The number of pyridine rings is 1. The summed E-state index contributed by atoms with van der Waals surface area (Å²) < 4.78 is 28.1. The summed E-state index contributed by atoms with van der Waals surface area (Å²) in [7, 11) is 0. The van der Waals surface area contributed by atoms with Crippen LogP contribution in [0.15, 0.2) is 60.4 Å². The molecule has 8 heteroatoms. The molecule has 0 fully saturated rings. The maximum Gasteiger partial charge on any atom is 0.248 e. The van der Waals surface area contributed by atoms with Crippen LogP contribution < -0.4 is 16.8 Å². The number of primary amides is 1. The van der Waals surface area contributed by atoms with Gasteiger partial charge in [-0.1, -0.05) is 12.7 Å². The van der Waals surface area contributed by atoms with E-state index in [1.54, 1.807) is 13.8 Å². The van der Waals surface area contributed by atoms with Crippen molar-refractivity contribution in [3.8, 4) is 0 Å². The maximum absolute atomic E-state index is 14.1. The summed E-state index contributed by atoms with van der Waals surface area (Å²) in [6.07, 6.45) is 4.12. The van der Waals surface area contributed by atoms with Crippen LogP contribution in [0.5, 0.6) is 0 Å². The second-order valence-electron chi connectivity index (χ2n) is 6.45. The van der Waals surface area contributed by atoms with E-state index in [9.17, 15) is 13.6 Å². The van der Waals surface area contributed by atoms with Crippen LogP contribution in [0.3, 0.4) is 0 Å². The number of hydrogen-bond acceptors (Lipinski definition) is 3. The van der Waals surface area contributed by atoms with Gasteiger partial charge in [-0.2, -0.15) is 0 Å². The molecule has 1 aromatic carbocycles. The summed E-state index contributed by atoms with van der Waals surface area (Å²) in [5.74, 6) is -1.79. The molecule has 0 spiro atoms. The number of benzene rings is 1. The molecular formula is C20H21F2N5O. The van der Waals surface area contributed by atoms with Gasteiger partial charge in [-0.25, -0.2) is 13.8 Å². The normalized spacial score (nSPS) is 12.6. The highest BCUT2D eigenvalue weighted by atomic mass is 19.1. The number of carbonyl (C=O) groups excluding carboxylic acids is 1. The lowest BCUT2D eigenvalue weighted by Crippen LogP contribution is -2.46. The van der Waals surface area contributed by atoms with Gasteiger partial charge in [0.2, 0.25) is 5.91 Å². The monoisotopic (exact) mass is 385 g/mol. The lowest BCUT2D eigenvalue weighted by molar-refractivity contribution is 0.1000. The third kappa shape index (κ3) is 4.79. The lowest BCUT2D eigenvalue weighted by atomic mass is 9.99. The van der Waals surface area contributed by atoms with Gasteiger partial charge in [0.05, 0.1) is 5.54 Å². The van der Waals surface area contributed by atoms with Gasteiger partial charge in [0.1, 0.15) is 17.3 Å². The first-order valence-corrected chi connectivity index (χ1v) is 8.30. The van der Waals surface area contributed by atoms with Crippen LogP contribution in [0.1, 0.15) is 35.5 Å². The molecule has 0 aliphatic heterocycles. The van der Waals surface area contributed by atoms with Crippen molar-refractivity contribution >= 4 is 17.4 Å². The molecule has 0 radical (unpaired) electrons. The minimum atomic E-state index is -0.946. The molecule has 0 saturated carbocycles. The summed E-state index contributed by atoms with van der Waals surface area (Å²) in [4.78, 5) is 19.4. The number of aromatic nitrogens is 1. The van der Waals surface area contributed by atoms with Crippen LogP contribution in [0.2, 0.25) is 0 Å². The second-order valence-corrected chi connectivity index (χ2v) is 6.45. The molecule has 1 heterocycles. The Morgan fingerprint density at radius 2 is 1.96 bits per heavy atom. The van der Waals surface area contributed by atoms with Gasteiger partial charge in [-0.15, -0.1) is 0 Å². The molecule has 1 aromatic heterocycles. The van der Waals surface area contributed by atoms with Gasteiger partial charge in [0, 0.05) is 29.1 Å². The Balaban J connectivity index is 2.32. The fourth-order valence-electron chi connectivity index (χ4n) is 2.53. The molecule has 2 aromatic rings. The number of guanidine groups is 1. The molecule has 0 bridgehead atoms. The minimum absolute atomic E-state index is 0.0409. The molecule has 5 N–H and O–H groups in total. The number of halogens is 2. The van der Waals surface area contributed by atoms with Crippen LogP contribution in [-0.4, -0.2) is 16.9 Å². The van der Waals surface area contributed by atoms with Crippen molar-refractivity contribution in [2.45, 2.75) is 19.4 Å². The van der Waals surface area contributed by atoms with Gasteiger partial charge >= 0.3 is 0 Å². The second kappa shape index (κ2) is 8.43. The predicted molar refractivity (Wildman–Crippen MR) is 105 cm³/mol. The number of allylic oxidation sites excluding steroid dienone is 2. The number of amides is 1. The fraction of sp³-hybridized carbons (Fsp3) is 0.150. The third-order valence-electron chi connectivity index (χ3n) is 3.92. The predicted octanol–water partition coefficient (Wildman–Crippen LogP) is 2.83. The molecule has 146 valence electrons. The molecule has 0 atom stereocenters. The average molecular weight is 385 g/mol. The summed E-state index contributed by atoms with van der Waals surface area (Å²) in [6, 6.07) is 6.50. The van der Waals surface area contributed by atoms with E-state index in [0.29, 0.717) is 0 Å². The highest BCUT2D eigenvalue weighted by Gasteiger charge is 2.26. The van der Waals surface area contributed by atoms with Gasteiger partial charge in [0.25, 0.3) is 0 Å². The Hall–Kier alpha value is -3.55. The van der Waals surface area contributed by atoms with Gasteiger partial charge in [0.15, 0.2) is 5.96 Å². The molecule has 1 amide bonds. The number of carbonyl (C=O) groups is 1. The molecule has 0 aliphatic carbocycles. The van der Waals surface area contributed by atoms with E-state index >= 15 is 0 Å². The molecule has 2 rings (SSSR count). The summed E-state index contributed by atoms with van der Waals surface area (Å²) in [6.45, 7) is 7.00. The van der Waals surface area contributed by atoms with E-state index in [0.717, 1.165) is 6.07 Å². The van der Waals surface area contributed by atoms with Crippen molar-refractivity contribution in [3.05, 3.63) is 83.8 Å². The first kappa shape index (κ1) is 20.8. The van der Waals surface area contributed by atoms with Gasteiger partial charge in [-0.3, -0.25) is 9.78 Å². The molecule has 0 aliphatic rings. The molecule has 0 saturated heterocycles. The topological polar surface area (TPSA) is 106 Å². The Morgan fingerprint density at radius 1 is 1.25 bits per heavy atom. The summed E-state index contributed by atoms with van der Waals surface area (Å²) in [5.41, 5.74) is 10.9. The number of aliphatic imine (C=N–C) groups is 1. The number of hydrogen-bond donors (Lipinski definition) is 3. The standard InChI is InChI=1S/C20H21F2N5O/c1-4-12(14-10-13(18(23)28)7-8-15(14)21)11-26-19(24)27-20(2,3)17-16(22)6-5-9-25-17/h4-11H,1H2,2-3H3,(H2,23,28)(H3,24,26,27)/b12-11+. The van der Waals surface area contributed by atoms with Crippen LogP contribution in [0.25, 0.3) is 5.57 Å². The first-order valence-electron chi connectivity index (χ1n) is 8.30. The van der Waals surface area contributed by atoms with Crippen LogP contribution in [0.4, 0.5) is 8.78 Å². The van der Waals surface area contributed by atoms with Crippen molar-refractivity contribution in [2.24, 2.45) is 16.5 Å². The Morgan fingerprint density at radius 3 is 2.57 bits per heavy atom. The minimum Gasteiger partial charge on any atom is -0.370 e. The van der Waals surface area contributed by atoms with Gasteiger partial charge in [-0.05, 0) is 44.2 Å². The van der Waals surface area contributed by atoms with Crippen LogP contribution in [-0.2, 0) is 5.54 Å². The van der Waals surface area contributed by atoms with E-state index in [1.807, 2.05) is 0 Å². The highest BCUT2D eigenvalue weighted by molar-refractivity contribution is 5.94. The summed E-state index contributed by atoms with van der Waals surface area (Å²) in [5, 5.41) is 2.87. The van der Waals surface area contributed by atoms with E-state index in [1.165, 1.54) is 42.7 Å². The fourth-order valence-corrected chi connectivity index (χ4v) is 2.53. The number of rotatable bonds is 6. The average Bonchev–Trinajstić information content (AvgIpc) is 2.63. The van der Waals surface area contributed by atoms with Crippen molar-refractivity contribution in [1.29, 1.82) is 0 Å². The lowest BCUT2D eigenvalue weighted by Gasteiger charge is -2.26. The summed E-state index contributed by atoms with van der Waals surface area (Å²) >= 11 is 0. The zero-order valence-corrected chi connectivity index (χ0v) is 15.5. The van der Waals surface area contributed by atoms with Gasteiger partial charge < -0.3 is 16.8 Å². The zero-order chi connectivity index (χ0) is 20.9. The third-order valence-corrected chi connectivity index (χ3v) is 3.92. The Labute approximate surface area is 161 Å². The zero-order valence-electron chi connectivity index (χ0n) is 15.5. The number of nitrogens with zero attached hydrogens (tertiary/aromatic N) is 2. The molecule has 6 nitrogen and oxygen atoms in total. The molecule has 0 unspecified atom stereocenters.